The number of rotatable bonds is 8. The lowest BCUT2D eigenvalue weighted by Crippen LogP contribution is -2.46. The second-order valence-electron chi connectivity index (χ2n) is 25.6. The van der Waals surface area contributed by atoms with Crippen molar-refractivity contribution in [2.45, 2.75) is 133 Å². The first-order valence-electron chi connectivity index (χ1n) is 29.8. The van der Waals surface area contributed by atoms with Gasteiger partial charge in [0.05, 0.1) is 26.4 Å². The molecule has 0 fully saturated rings. The summed E-state index contributed by atoms with van der Waals surface area (Å²) in [4.78, 5) is 93.4. The van der Waals surface area contributed by atoms with E-state index in [4.69, 9.17) is 52.5 Å². The van der Waals surface area contributed by atoms with Crippen molar-refractivity contribution in [2.24, 2.45) is 50.1 Å². The number of nitrogens with two attached hydrogens (primary N) is 3. The van der Waals surface area contributed by atoms with Gasteiger partial charge in [0.1, 0.15) is 39.9 Å². The van der Waals surface area contributed by atoms with Crippen molar-refractivity contribution in [3.05, 3.63) is 150 Å². The van der Waals surface area contributed by atoms with Crippen LogP contribution in [0.2, 0.25) is 0 Å². The third-order valence-corrected chi connectivity index (χ3v) is 11.8. The quantitative estimate of drug-likeness (QED) is 0.0181. The van der Waals surface area contributed by atoms with E-state index in [1.807, 2.05) is 65.0 Å². The van der Waals surface area contributed by atoms with Crippen molar-refractivity contribution in [2.75, 3.05) is 58.1 Å². The number of benzene rings is 4. The number of nitrogens with zero attached hydrogens (tertiary/aromatic N) is 9. The number of nitriles is 1. The van der Waals surface area contributed by atoms with Gasteiger partial charge >= 0.3 is 24.5 Å². The minimum atomic E-state index is -1.06. The van der Waals surface area contributed by atoms with E-state index in [-0.39, 0.29) is 36.0 Å². The molecule has 11 N–H and O–H groups in total. The maximum absolute atomic E-state index is 12.4. The minimum Gasteiger partial charge on any atom is -0.443 e. The van der Waals surface area contributed by atoms with Crippen LogP contribution in [0.4, 0.5) is 41.9 Å². The van der Waals surface area contributed by atoms with Crippen LogP contribution in [0, 0.1) is 76.4 Å². The van der Waals surface area contributed by atoms with Crippen LogP contribution < -0.4 is 22.5 Å². The molecule has 2 amide bonds. The van der Waals surface area contributed by atoms with Crippen molar-refractivity contribution in [3.63, 3.8) is 0 Å². The Hall–Kier alpha value is -10.1. The van der Waals surface area contributed by atoms with Gasteiger partial charge in [0.15, 0.2) is 0 Å². The first-order chi connectivity index (χ1) is 43.6. The molecule has 31 nitrogen and oxygen atoms in total. The molecule has 0 saturated heterocycles. The van der Waals surface area contributed by atoms with Gasteiger partial charge in [-0.05, 0) is 181 Å². The average Bonchev–Trinajstić information content (AvgIpc) is 0.839. The number of hydrogen-bond acceptors (Lipinski definition) is 25. The molecule has 3 atom stereocenters. The molecule has 3 aliphatic heterocycles. The Morgan fingerprint density at radius 2 is 0.895 bits per heavy atom. The summed E-state index contributed by atoms with van der Waals surface area (Å²) < 4.78 is 24.7. The fourth-order valence-corrected chi connectivity index (χ4v) is 7.32. The lowest BCUT2D eigenvalue weighted by atomic mass is 10.1. The van der Waals surface area contributed by atoms with E-state index in [9.17, 15) is 49.5 Å². The molecule has 7 rings (SSSR count). The van der Waals surface area contributed by atoms with E-state index in [0.29, 0.717) is 85.5 Å². The molecule has 0 aromatic heterocycles. The number of anilines is 1. The van der Waals surface area contributed by atoms with Gasteiger partial charge in [-0.25, -0.2) is 30.2 Å². The van der Waals surface area contributed by atoms with Crippen LogP contribution in [0.15, 0.2) is 112 Å². The third-order valence-electron chi connectivity index (χ3n) is 11.8. The van der Waals surface area contributed by atoms with E-state index in [1.54, 1.807) is 91.5 Å². The Kier molecular flexibility index (Phi) is 35.9. The molecule has 524 valence electrons. The SMILES string of the molecule is CC(C)(C)OC(=O)OC(=O)OC(C)(C)C.CC(CN)CN.CC1CN=C(c2ccc(N)cc2)N(C(=O)OC(C)(C)C)C1.CC1CN=C(c2ccc([N+](=O)[O-])cc2)N(C(=O)OC(C)(C)C)C1.CC1CN=C(c2ccc([N+](=O)[O-])cc2)NC1.N#Cc1ccc([N+](=O)[O-])cc1.N=N.O.[HH]. The molecule has 3 aliphatic rings. The van der Waals surface area contributed by atoms with Crippen LogP contribution in [0.25, 0.3) is 0 Å². The number of ether oxygens (including phenoxy) is 5. The summed E-state index contributed by atoms with van der Waals surface area (Å²) in [7, 11) is 0. The second kappa shape index (κ2) is 40.1. The highest BCUT2D eigenvalue weighted by Crippen LogP contribution is 2.23. The number of amidine groups is 3. The van der Waals surface area contributed by atoms with E-state index in [1.165, 1.54) is 53.4 Å². The average molecular weight is 1330 g/mol. The van der Waals surface area contributed by atoms with Gasteiger partial charge in [-0.1, -0.05) is 27.7 Å². The second-order valence-corrected chi connectivity index (χ2v) is 25.6. The molecular weight excluding hydrogens is 1230 g/mol. The molecule has 3 heterocycles. The largest absolute Gasteiger partial charge is 0.519 e. The summed E-state index contributed by atoms with van der Waals surface area (Å²) >= 11 is 0. The van der Waals surface area contributed by atoms with Gasteiger partial charge in [-0.2, -0.15) is 5.26 Å². The number of nitro groups is 3. The fourth-order valence-electron chi connectivity index (χ4n) is 7.32. The number of nitrogen functional groups attached to an aromatic ring is 1. The highest BCUT2D eigenvalue weighted by atomic mass is 16.8. The Morgan fingerprint density at radius 1 is 0.579 bits per heavy atom. The maximum Gasteiger partial charge on any atom is 0.519 e. The molecule has 0 bridgehead atoms. The van der Waals surface area contributed by atoms with E-state index >= 15 is 0 Å². The molecule has 95 heavy (non-hydrogen) atoms. The summed E-state index contributed by atoms with van der Waals surface area (Å²) in [5.41, 5.74) is 27.3. The number of hydrogen-bond donors (Lipinski definition) is 6. The number of carbonyl (C=O) groups is 4. The lowest BCUT2D eigenvalue weighted by Gasteiger charge is -2.32. The number of carbonyl (C=O) groups excluding carboxylic acids is 4. The Bertz CT molecular complexity index is 3220. The maximum atomic E-state index is 12.4. The zero-order chi connectivity index (χ0) is 71.9. The topological polar surface area (TPSA) is 480 Å². The van der Waals surface area contributed by atoms with Gasteiger partial charge in [0.2, 0.25) is 0 Å². The molecule has 31 heteroatoms. The van der Waals surface area contributed by atoms with Crippen LogP contribution >= 0.6 is 0 Å². The zero-order valence-corrected chi connectivity index (χ0v) is 57.1. The molecule has 0 saturated carbocycles. The predicted molar refractivity (Wildman–Crippen MR) is 362 cm³/mol. The molecule has 3 unspecified atom stereocenters. The van der Waals surface area contributed by atoms with Crippen molar-refractivity contribution < 1.29 is 64.5 Å². The number of nitro benzene ring substituents is 3. The van der Waals surface area contributed by atoms with Gasteiger partial charge < -0.3 is 51.7 Å². The van der Waals surface area contributed by atoms with E-state index in [0.717, 1.165) is 30.1 Å². The minimum absolute atomic E-state index is 0. The number of nitrogens with one attached hydrogen (secondary N) is 3. The summed E-state index contributed by atoms with van der Waals surface area (Å²) in [6.07, 6.45) is -2.93. The highest BCUT2D eigenvalue weighted by molar-refractivity contribution is 6.08. The van der Waals surface area contributed by atoms with Gasteiger partial charge in [0, 0.05) is 99.5 Å². The molecule has 0 aliphatic carbocycles. The summed E-state index contributed by atoms with van der Waals surface area (Å²) in [6.45, 7) is 34.8. The monoisotopic (exact) mass is 1330 g/mol. The van der Waals surface area contributed by atoms with Crippen LogP contribution in [0.5, 0.6) is 0 Å². The van der Waals surface area contributed by atoms with Crippen molar-refractivity contribution >= 4 is 64.8 Å². The first-order valence-corrected chi connectivity index (χ1v) is 29.8. The van der Waals surface area contributed by atoms with Crippen molar-refractivity contribution in [3.8, 4) is 6.07 Å². The van der Waals surface area contributed by atoms with Gasteiger partial charge in [-0.3, -0.25) is 55.1 Å². The van der Waals surface area contributed by atoms with Gasteiger partial charge in [0.25, 0.3) is 17.1 Å². The number of amides is 2. The standard InChI is InChI=1S/C16H21N3O4.C16H23N3O2.C11H13N3O2.C10H18O5.C7H4N2O2.C4H12N2.H2N2.H2O.H2/c1-11-9-17-14(12-5-7-13(8-6-12)19(21)22)18(10-11)15(20)23-16(2,3)4;1-11-9-18-14(12-5-7-13(17)8-6-12)19(10-11)15(20)21-16(2,3)4;1-8-6-12-11(13-7-8)9-2-4-10(5-3-9)14(15)16;1-9(2,3)14-7(11)13-8(12)15-10(4,5)6;8-5-6-1-3-7(4-2-6)9(10)11;1-4(2-5)3-6;1-2;;/h5-8,11H,9-10H2,1-4H3;5-8,11H,9-10,17H2,1-4H3;2-5,8H,6-7H2,1H3,(H,12,13);1-6H3;1-4H;4H,2-3,5-6H2,1H3;1-2H;1H2;1H. The first kappa shape index (κ1) is 84.9. The zero-order valence-electron chi connectivity index (χ0n) is 57.1. The van der Waals surface area contributed by atoms with E-state index in [2.05, 4.69) is 38.9 Å². The van der Waals surface area contributed by atoms with Crippen LogP contribution in [-0.2, 0) is 23.7 Å². The Morgan fingerprint density at radius 3 is 1.18 bits per heavy atom. The lowest BCUT2D eigenvalue weighted by molar-refractivity contribution is -0.385. The predicted octanol–water partition coefficient (Wildman–Crippen LogP) is 11.6. The van der Waals surface area contributed by atoms with Crippen LogP contribution in [0.1, 0.15) is 134 Å². The summed E-state index contributed by atoms with van der Waals surface area (Å²) in [6, 6.07) is 27.1. The third kappa shape index (κ3) is 34.4. The summed E-state index contributed by atoms with van der Waals surface area (Å²) in [5, 5.41) is 42.9. The number of non-ortho nitro benzene ring substituents is 3. The van der Waals surface area contributed by atoms with Crippen LogP contribution in [-0.4, -0.2) is 147 Å². The van der Waals surface area contributed by atoms with E-state index < -0.39 is 55.6 Å². The summed E-state index contributed by atoms with van der Waals surface area (Å²) in [5.74, 6) is 3.55. The van der Waals surface area contributed by atoms with Gasteiger partial charge in [-0.15, -0.1) is 0 Å². The molecule has 0 radical (unpaired) electrons. The van der Waals surface area contributed by atoms with Crippen molar-refractivity contribution in [1.29, 1.82) is 16.3 Å². The van der Waals surface area contributed by atoms with Crippen molar-refractivity contribution in [1.82, 2.24) is 15.1 Å². The highest BCUT2D eigenvalue weighted by Gasteiger charge is 2.33. The Balaban J connectivity index is 0. The normalized spacial score (nSPS) is 15.6. The molecular formula is C64H97N15O16. The fraction of sp³-hybridized carbons (Fsp3) is 0.500. The Labute approximate surface area is 556 Å². The molecule has 4 aromatic carbocycles. The number of aliphatic imine (C=N–C) groups is 3. The smallest absolute Gasteiger partial charge is 0.443 e. The van der Waals surface area contributed by atoms with Crippen LogP contribution in [0.3, 0.4) is 0 Å². The molecule has 0 spiro atoms. The molecule has 4 aromatic rings.